The van der Waals surface area contributed by atoms with Crippen molar-refractivity contribution in [1.29, 1.82) is 0 Å². The summed E-state index contributed by atoms with van der Waals surface area (Å²) in [5.74, 6) is 1.76. The van der Waals surface area contributed by atoms with Crippen molar-refractivity contribution < 1.29 is 4.74 Å². The number of fused-ring (bicyclic) bond motifs is 8. The zero-order valence-electron chi connectivity index (χ0n) is 44.0. The minimum atomic E-state index is -0.154. The van der Waals surface area contributed by atoms with Gasteiger partial charge in [0.1, 0.15) is 11.5 Å². The summed E-state index contributed by atoms with van der Waals surface area (Å²) in [4.78, 5) is 2.57. The minimum Gasteiger partial charge on any atom is -0.458 e. The first-order chi connectivity index (χ1) is 35.6. The van der Waals surface area contributed by atoms with E-state index < -0.39 is 0 Å². The van der Waals surface area contributed by atoms with Gasteiger partial charge in [-0.25, -0.2) is 0 Å². The van der Waals surface area contributed by atoms with Gasteiger partial charge in [0.2, 0.25) is 0 Å². The van der Waals surface area contributed by atoms with Crippen LogP contribution in [0.5, 0.6) is 11.5 Å². The highest BCUT2D eigenvalue weighted by molar-refractivity contribution is 6.99. The lowest BCUT2D eigenvalue weighted by molar-refractivity contribution is 0.487. The molecule has 74 heavy (non-hydrogen) atoms. The Bertz CT molecular complexity index is 3960. The first-order valence-corrected chi connectivity index (χ1v) is 26.4. The van der Waals surface area contributed by atoms with Crippen LogP contribution in [0.15, 0.2) is 206 Å². The van der Waals surface area contributed by atoms with Crippen LogP contribution in [0.2, 0.25) is 0 Å². The molecule has 3 nitrogen and oxygen atoms in total. The molecule has 3 heterocycles. The van der Waals surface area contributed by atoms with Gasteiger partial charge in [-0.2, -0.15) is 0 Å². The van der Waals surface area contributed by atoms with E-state index in [-0.39, 0.29) is 23.0 Å². The van der Waals surface area contributed by atoms with Crippen LogP contribution in [-0.2, 0) is 16.2 Å². The molecule has 1 aromatic heterocycles. The molecule has 0 saturated carbocycles. The fourth-order valence-electron chi connectivity index (χ4n) is 11.8. The van der Waals surface area contributed by atoms with Crippen molar-refractivity contribution in [1.82, 2.24) is 4.57 Å². The Labute approximate surface area is 436 Å². The summed E-state index contributed by atoms with van der Waals surface area (Å²) >= 11 is 0. The second kappa shape index (κ2) is 16.7. The third-order valence-corrected chi connectivity index (χ3v) is 15.9. The molecule has 0 N–H and O–H groups in total. The molecule has 2 aliphatic rings. The van der Waals surface area contributed by atoms with E-state index in [9.17, 15) is 0 Å². The van der Waals surface area contributed by atoms with Crippen LogP contribution < -0.4 is 26.0 Å². The van der Waals surface area contributed by atoms with Crippen LogP contribution >= 0.6 is 0 Å². The molecule has 0 fully saturated rings. The fraction of sp³-hybridized carbons (Fsp3) is 0.171. The van der Waals surface area contributed by atoms with E-state index in [0.29, 0.717) is 0 Å². The lowest BCUT2D eigenvalue weighted by atomic mass is 9.34. The SMILES string of the molecule is CC(C)(C)c1ccc(-c2cc3c4c(c2)N(c2c(-c5ccccc5)ccc5ccccc25)c2ccc(-c5ccccc5)cc2B4c2cc(-n4c5ccc(C(C)(C)C)cc5c5cc(C(C)(C)C)ccc54)ccc2O3)cc1. The summed E-state index contributed by atoms with van der Waals surface area (Å²) in [7, 11) is 0. The zero-order chi connectivity index (χ0) is 50.8. The Morgan fingerprint density at radius 2 is 0.959 bits per heavy atom. The number of rotatable bonds is 5. The van der Waals surface area contributed by atoms with Crippen molar-refractivity contribution in [2.75, 3.05) is 4.90 Å². The van der Waals surface area contributed by atoms with Crippen molar-refractivity contribution in [3.8, 4) is 50.6 Å². The standard InChI is InChI=1S/C70H61BN2O/c1-68(2,3)50-28-24-45(25-29-50)49-39-63-66-65(40-49)74-64-37-32-53(72-60-35-30-51(69(4,5)6)41-56(60)57-42-52(70(7,8)9)31-36-61(57)72)43-59(64)71(66)58-38-48(44-18-12-10-13-19-44)27-34-62(58)73(63)67-54-23-17-16-22-47(54)26-33-55(67)46-20-14-11-15-21-46/h10-43H,1-9H3. The maximum absolute atomic E-state index is 7.40. The van der Waals surface area contributed by atoms with Gasteiger partial charge in [0.15, 0.2) is 0 Å². The van der Waals surface area contributed by atoms with Crippen molar-refractivity contribution in [2.45, 2.75) is 78.6 Å². The molecule has 360 valence electrons. The van der Waals surface area contributed by atoms with Gasteiger partial charge >= 0.3 is 0 Å². The molecule has 0 aliphatic carbocycles. The fourth-order valence-corrected chi connectivity index (χ4v) is 11.8. The van der Waals surface area contributed by atoms with E-state index in [2.05, 4.69) is 278 Å². The summed E-state index contributed by atoms with van der Waals surface area (Å²) < 4.78 is 9.89. The summed E-state index contributed by atoms with van der Waals surface area (Å²) in [5.41, 5.74) is 21.5. The molecule has 0 saturated heterocycles. The van der Waals surface area contributed by atoms with Crippen LogP contribution in [0.3, 0.4) is 0 Å². The molecule has 0 amide bonds. The molecule has 10 aromatic carbocycles. The van der Waals surface area contributed by atoms with Gasteiger partial charge in [-0.1, -0.05) is 208 Å². The Morgan fingerprint density at radius 1 is 0.378 bits per heavy atom. The van der Waals surface area contributed by atoms with E-state index in [1.165, 1.54) is 82.4 Å². The van der Waals surface area contributed by atoms with Crippen LogP contribution in [0, 0.1) is 0 Å². The predicted molar refractivity (Wildman–Crippen MR) is 317 cm³/mol. The molecule has 0 radical (unpaired) electrons. The average Bonchev–Trinajstić information content (AvgIpc) is 3.75. The van der Waals surface area contributed by atoms with E-state index >= 15 is 0 Å². The lowest BCUT2D eigenvalue weighted by Gasteiger charge is -2.41. The summed E-state index contributed by atoms with van der Waals surface area (Å²) in [5, 5.41) is 4.93. The van der Waals surface area contributed by atoms with Gasteiger partial charge in [-0.05, 0) is 143 Å². The monoisotopic (exact) mass is 956 g/mol. The molecular weight excluding hydrogens is 896 g/mol. The van der Waals surface area contributed by atoms with E-state index in [0.717, 1.165) is 50.8 Å². The van der Waals surface area contributed by atoms with Crippen molar-refractivity contribution in [3.63, 3.8) is 0 Å². The molecule has 0 unspecified atom stereocenters. The van der Waals surface area contributed by atoms with Gasteiger partial charge < -0.3 is 14.2 Å². The summed E-state index contributed by atoms with van der Waals surface area (Å²) in [6.07, 6.45) is 0. The zero-order valence-corrected chi connectivity index (χ0v) is 44.0. The lowest BCUT2D eigenvalue weighted by Crippen LogP contribution is -2.59. The molecule has 2 aliphatic heterocycles. The molecule has 4 heteroatoms. The highest BCUT2D eigenvalue weighted by Crippen LogP contribution is 2.49. The predicted octanol–water partition coefficient (Wildman–Crippen LogP) is 17.2. The number of anilines is 3. The maximum Gasteiger partial charge on any atom is 0.256 e. The van der Waals surface area contributed by atoms with Gasteiger partial charge in [0.05, 0.1) is 16.7 Å². The first kappa shape index (κ1) is 45.8. The van der Waals surface area contributed by atoms with E-state index in [1.54, 1.807) is 0 Å². The number of hydrogen-bond acceptors (Lipinski definition) is 2. The minimum absolute atomic E-state index is 0.00298. The third kappa shape index (κ3) is 7.48. The maximum atomic E-state index is 7.40. The molecule has 0 atom stereocenters. The molecule has 13 rings (SSSR count). The van der Waals surface area contributed by atoms with Crippen molar-refractivity contribution in [3.05, 3.63) is 223 Å². The highest BCUT2D eigenvalue weighted by atomic mass is 16.5. The quantitative estimate of drug-likeness (QED) is 0.160. The Hall–Kier alpha value is -8.08. The van der Waals surface area contributed by atoms with Gasteiger partial charge in [-0.3, -0.25) is 0 Å². The Morgan fingerprint density at radius 3 is 1.61 bits per heavy atom. The average molecular weight is 957 g/mol. The largest absolute Gasteiger partial charge is 0.458 e. The smallest absolute Gasteiger partial charge is 0.256 e. The summed E-state index contributed by atoms with van der Waals surface area (Å²) in [6.45, 7) is 20.5. The van der Waals surface area contributed by atoms with Crippen LogP contribution in [0.25, 0.3) is 71.6 Å². The van der Waals surface area contributed by atoms with E-state index in [4.69, 9.17) is 4.74 Å². The van der Waals surface area contributed by atoms with Crippen LogP contribution in [-0.4, -0.2) is 11.3 Å². The second-order valence-electron chi connectivity index (χ2n) is 23.8. The molecule has 0 spiro atoms. The Balaban J connectivity index is 1.11. The van der Waals surface area contributed by atoms with Crippen molar-refractivity contribution >= 4 is 72.7 Å². The van der Waals surface area contributed by atoms with Crippen molar-refractivity contribution in [2.24, 2.45) is 0 Å². The highest BCUT2D eigenvalue weighted by Gasteiger charge is 2.43. The van der Waals surface area contributed by atoms with Gasteiger partial charge in [0, 0.05) is 38.8 Å². The number of nitrogens with zero attached hydrogens (tertiary/aromatic N) is 2. The number of hydrogen-bond donors (Lipinski definition) is 0. The second-order valence-corrected chi connectivity index (χ2v) is 23.8. The molecule has 0 bridgehead atoms. The number of benzene rings is 10. The molecular formula is C70H61BN2O. The first-order valence-electron chi connectivity index (χ1n) is 26.4. The number of ether oxygens (including phenoxy) is 1. The number of aromatic nitrogens is 1. The third-order valence-electron chi connectivity index (χ3n) is 15.9. The summed E-state index contributed by atoms with van der Waals surface area (Å²) in [6, 6.07) is 77.4. The van der Waals surface area contributed by atoms with Gasteiger partial charge in [-0.15, -0.1) is 0 Å². The Kier molecular flexibility index (Phi) is 10.3. The van der Waals surface area contributed by atoms with Gasteiger partial charge in [0.25, 0.3) is 6.71 Å². The van der Waals surface area contributed by atoms with Crippen LogP contribution in [0.1, 0.15) is 79.0 Å². The molecule has 11 aromatic rings. The topological polar surface area (TPSA) is 17.4 Å². The normalized spacial score (nSPS) is 13.3. The van der Waals surface area contributed by atoms with Crippen LogP contribution in [0.4, 0.5) is 17.1 Å². The van der Waals surface area contributed by atoms with E-state index in [1.807, 2.05) is 0 Å².